The molecule has 0 aliphatic rings. The Labute approximate surface area is 149 Å². The lowest BCUT2D eigenvalue weighted by molar-refractivity contribution is 0.835. The average Bonchev–Trinajstić information content (AvgIpc) is 3.02. The summed E-state index contributed by atoms with van der Waals surface area (Å²) in [6.45, 7) is 7.72. The van der Waals surface area contributed by atoms with E-state index in [2.05, 4.69) is 16.2 Å². The van der Waals surface area contributed by atoms with Crippen LogP contribution in [0.3, 0.4) is 0 Å². The predicted molar refractivity (Wildman–Crippen MR) is 102 cm³/mol. The number of thiophene rings is 1. The zero-order valence-corrected chi connectivity index (χ0v) is 15.4. The number of benzene rings is 1. The molecule has 126 valence electrons. The van der Waals surface area contributed by atoms with E-state index >= 15 is 0 Å². The van der Waals surface area contributed by atoms with E-state index in [9.17, 15) is 10.1 Å². The molecule has 0 saturated carbocycles. The number of aromatic amines is 1. The molecule has 0 fully saturated rings. The standard InChI is InChI=1S/C19H18N4OS/c1-11-5-7-15(8-6-11)23-19(24)17(13(3)22-23)10-21-18-16(9-20)12(2)14(4)25-18/h5-8,10,22H,1-4H3. The lowest BCUT2D eigenvalue weighted by Crippen LogP contribution is -2.17. The van der Waals surface area contributed by atoms with Crippen LogP contribution in [0.5, 0.6) is 0 Å². The Morgan fingerprint density at radius 2 is 1.88 bits per heavy atom. The first kappa shape index (κ1) is 16.9. The quantitative estimate of drug-likeness (QED) is 0.723. The highest BCUT2D eigenvalue weighted by atomic mass is 32.1. The van der Waals surface area contributed by atoms with Crippen LogP contribution in [0.15, 0.2) is 34.1 Å². The molecule has 0 amide bonds. The number of aliphatic imine (C=N–C) groups is 1. The number of nitrogens with one attached hydrogen (secondary N) is 1. The molecule has 2 aromatic heterocycles. The van der Waals surface area contributed by atoms with Crippen molar-refractivity contribution in [2.75, 3.05) is 0 Å². The Kier molecular flexibility index (Phi) is 4.43. The normalized spacial score (nSPS) is 11.2. The van der Waals surface area contributed by atoms with Crippen molar-refractivity contribution in [1.82, 2.24) is 9.78 Å². The van der Waals surface area contributed by atoms with E-state index in [0.717, 1.165) is 27.4 Å². The summed E-state index contributed by atoms with van der Waals surface area (Å²) in [5, 5.41) is 13.0. The van der Waals surface area contributed by atoms with E-state index in [4.69, 9.17) is 0 Å². The fraction of sp³-hybridized carbons (Fsp3) is 0.211. The molecule has 0 bridgehead atoms. The van der Waals surface area contributed by atoms with Crippen LogP contribution < -0.4 is 5.56 Å². The van der Waals surface area contributed by atoms with Crippen LogP contribution >= 0.6 is 11.3 Å². The van der Waals surface area contributed by atoms with Crippen molar-refractivity contribution in [1.29, 1.82) is 5.26 Å². The first-order valence-electron chi connectivity index (χ1n) is 7.85. The SMILES string of the molecule is Cc1ccc(-n2[nH]c(C)c(C=Nc3sc(C)c(C)c3C#N)c2=O)cc1. The first-order chi connectivity index (χ1) is 11.9. The molecule has 0 saturated heterocycles. The molecule has 0 aliphatic carbocycles. The molecule has 1 N–H and O–H groups in total. The number of hydrogen-bond donors (Lipinski definition) is 1. The van der Waals surface area contributed by atoms with Gasteiger partial charge in [-0.1, -0.05) is 17.7 Å². The Hall–Kier alpha value is -2.91. The monoisotopic (exact) mass is 350 g/mol. The molecule has 0 aliphatic heterocycles. The van der Waals surface area contributed by atoms with Gasteiger partial charge in [0.25, 0.3) is 5.56 Å². The smallest absolute Gasteiger partial charge is 0.280 e. The Balaban J connectivity index is 2.02. The molecule has 0 spiro atoms. The molecule has 6 heteroatoms. The fourth-order valence-corrected chi connectivity index (χ4v) is 3.49. The van der Waals surface area contributed by atoms with Gasteiger partial charge < -0.3 is 0 Å². The minimum atomic E-state index is -0.159. The third kappa shape index (κ3) is 3.06. The third-order valence-electron chi connectivity index (χ3n) is 4.20. The zero-order valence-electron chi connectivity index (χ0n) is 14.5. The van der Waals surface area contributed by atoms with Crippen LogP contribution in [-0.2, 0) is 0 Å². The highest BCUT2D eigenvalue weighted by molar-refractivity contribution is 7.16. The second-order valence-electron chi connectivity index (χ2n) is 5.96. The third-order valence-corrected chi connectivity index (χ3v) is 5.31. The van der Waals surface area contributed by atoms with Gasteiger partial charge in [-0.15, -0.1) is 11.3 Å². The van der Waals surface area contributed by atoms with Gasteiger partial charge in [0.05, 0.1) is 16.8 Å². The summed E-state index contributed by atoms with van der Waals surface area (Å²) in [5.41, 5.74) is 4.50. The van der Waals surface area contributed by atoms with Crippen LogP contribution in [0.25, 0.3) is 5.69 Å². The first-order valence-corrected chi connectivity index (χ1v) is 8.67. The number of nitrogens with zero attached hydrogens (tertiary/aromatic N) is 3. The van der Waals surface area contributed by atoms with Gasteiger partial charge in [-0.2, -0.15) is 5.26 Å². The van der Waals surface area contributed by atoms with Gasteiger partial charge in [0.1, 0.15) is 11.1 Å². The Morgan fingerprint density at radius 3 is 2.52 bits per heavy atom. The van der Waals surface area contributed by atoms with Crippen LogP contribution in [0.2, 0.25) is 0 Å². The number of hydrogen-bond acceptors (Lipinski definition) is 4. The van der Waals surface area contributed by atoms with Crippen LogP contribution in [-0.4, -0.2) is 16.0 Å². The number of H-pyrrole nitrogens is 1. The molecule has 2 heterocycles. The van der Waals surface area contributed by atoms with E-state index in [0.29, 0.717) is 16.1 Å². The molecular formula is C19H18N4OS. The number of rotatable bonds is 3. The molecule has 0 unspecified atom stereocenters. The van der Waals surface area contributed by atoms with E-state index in [1.54, 1.807) is 6.21 Å². The van der Waals surface area contributed by atoms with Crippen molar-refractivity contribution in [2.24, 2.45) is 4.99 Å². The maximum absolute atomic E-state index is 12.7. The zero-order chi connectivity index (χ0) is 18.1. The maximum atomic E-state index is 12.7. The number of nitriles is 1. The summed E-state index contributed by atoms with van der Waals surface area (Å²) in [6, 6.07) is 9.91. The van der Waals surface area contributed by atoms with Gasteiger partial charge in [-0.25, -0.2) is 9.67 Å². The van der Waals surface area contributed by atoms with E-state index in [1.165, 1.54) is 16.0 Å². The van der Waals surface area contributed by atoms with Crippen LogP contribution in [0, 0.1) is 39.0 Å². The van der Waals surface area contributed by atoms with Gasteiger partial charge in [-0.05, 0) is 45.4 Å². The molecule has 5 nitrogen and oxygen atoms in total. The lowest BCUT2D eigenvalue weighted by Gasteiger charge is -2.01. The largest absolute Gasteiger partial charge is 0.295 e. The maximum Gasteiger partial charge on any atom is 0.280 e. The van der Waals surface area contributed by atoms with Crippen molar-refractivity contribution < 1.29 is 0 Å². The molecule has 1 aromatic carbocycles. The van der Waals surface area contributed by atoms with Gasteiger partial charge in [0.15, 0.2) is 0 Å². The molecule has 0 radical (unpaired) electrons. The minimum absolute atomic E-state index is 0.159. The lowest BCUT2D eigenvalue weighted by atomic mass is 10.2. The minimum Gasteiger partial charge on any atom is -0.295 e. The van der Waals surface area contributed by atoms with Gasteiger partial charge in [0, 0.05) is 16.8 Å². The summed E-state index contributed by atoms with van der Waals surface area (Å²) in [7, 11) is 0. The number of aryl methyl sites for hydroxylation is 3. The molecule has 0 atom stereocenters. The average molecular weight is 350 g/mol. The van der Waals surface area contributed by atoms with E-state index in [1.807, 2.05) is 52.0 Å². The van der Waals surface area contributed by atoms with Gasteiger partial charge >= 0.3 is 0 Å². The summed E-state index contributed by atoms with van der Waals surface area (Å²) in [6.07, 6.45) is 1.55. The molecule has 3 aromatic rings. The van der Waals surface area contributed by atoms with Crippen molar-refractivity contribution >= 4 is 22.6 Å². The second-order valence-corrected chi connectivity index (χ2v) is 7.16. The summed E-state index contributed by atoms with van der Waals surface area (Å²) in [4.78, 5) is 18.2. The van der Waals surface area contributed by atoms with Crippen molar-refractivity contribution in [3.05, 3.63) is 67.4 Å². The van der Waals surface area contributed by atoms with Gasteiger partial charge in [-0.3, -0.25) is 9.89 Å². The highest BCUT2D eigenvalue weighted by Gasteiger charge is 2.13. The highest BCUT2D eigenvalue weighted by Crippen LogP contribution is 2.33. The van der Waals surface area contributed by atoms with Crippen molar-refractivity contribution in [3.8, 4) is 11.8 Å². The predicted octanol–water partition coefficient (Wildman–Crippen LogP) is 4.08. The molecule has 25 heavy (non-hydrogen) atoms. The topological polar surface area (TPSA) is 73.9 Å². The fourth-order valence-electron chi connectivity index (χ4n) is 2.54. The molecule has 3 rings (SSSR count). The Bertz CT molecular complexity index is 1060. The van der Waals surface area contributed by atoms with E-state index in [-0.39, 0.29) is 5.56 Å². The Morgan fingerprint density at radius 1 is 1.20 bits per heavy atom. The van der Waals surface area contributed by atoms with Crippen LogP contribution in [0.1, 0.15) is 32.8 Å². The van der Waals surface area contributed by atoms with Crippen molar-refractivity contribution in [3.63, 3.8) is 0 Å². The van der Waals surface area contributed by atoms with Crippen molar-refractivity contribution in [2.45, 2.75) is 27.7 Å². The van der Waals surface area contributed by atoms with Crippen LogP contribution in [0.4, 0.5) is 5.00 Å². The summed E-state index contributed by atoms with van der Waals surface area (Å²) >= 11 is 1.46. The second kappa shape index (κ2) is 6.54. The number of aromatic nitrogens is 2. The summed E-state index contributed by atoms with van der Waals surface area (Å²) in [5.74, 6) is 0. The van der Waals surface area contributed by atoms with Gasteiger partial charge in [0.2, 0.25) is 0 Å². The molecular weight excluding hydrogens is 332 g/mol. The summed E-state index contributed by atoms with van der Waals surface area (Å²) < 4.78 is 1.51. The van der Waals surface area contributed by atoms with E-state index < -0.39 is 0 Å².